The Morgan fingerprint density at radius 2 is 1.97 bits per heavy atom. The van der Waals surface area contributed by atoms with Gasteiger partial charge in [0.15, 0.2) is 0 Å². The number of amidine groups is 1. The van der Waals surface area contributed by atoms with Crippen molar-refractivity contribution in [2.24, 2.45) is 4.99 Å². The number of halogens is 5. The van der Waals surface area contributed by atoms with Crippen molar-refractivity contribution in [3.63, 3.8) is 0 Å². The average molecular weight is 516 g/mol. The van der Waals surface area contributed by atoms with E-state index in [4.69, 9.17) is 0 Å². The summed E-state index contributed by atoms with van der Waals surface area (Å²) in [5.41, 5.74) is 0.196. The molecule has 7 nitrogen and oxygen atoms in total. The SMILES string of the molecule is C=C1CN(C(=O)CC(Cc2cc(F)c(C)cc2F)NC(=O)C2CCCN2)CCN1C(=NC)C(F)(F)F. The summed E-state index contributed by atoms with van der Waals surface area (Å²) in [7, 11) is 1.03. The van der Waals surface area contributed by atoms with Gasteiger partial charge in [0.05, 0.1) is 12.6 Å². The first-order valence-corrected chi connectivity index (χ1v) is 11.7. The van der Waals surface area contributed by atoms with Gasteiger partial charge in [-0.1, -0.05) is 6.58 Å². The maximum Gasteiger partial charge on any atom is 0.449 e. The van der Waals surface area contributed by atoms with E-state index in [0.717, 1.165) is 30.5 Å². The number of alkyl halides is 3. The monoisotopic (exact) mass is 515 g/mol. The molecule has 0 spiro atoms. The van der Waals surface area contributed by atoms with Crippen molar-refractivity contribution in [1.29, 1.82) is 0 Å². The summed E-state index contributed by atoms with van der Waals surface area (Å²) in [4.78, 5) is 31.4. The van der Waals surface area contributed by atoms with E-state index in [1.54, 1.807) is 0 Å². The molecule has 0 aromatic heterocycles. The van der Waals surface area contributed by atoms with Crippen LogP contribution >= 0.6 is 0 Å². The van der Waals surface area contributed by atoms with Gasteiger partial charge in [0.25, 0.3) is 0 Å². The zero-order chi connectivity index (χ0) is 26.6. The number of aryl methyl sites for hydroxylation is 1. The lowest BCUT2D eigenvalue weighted by atomic mass is 9.99. The Morgan fingerprint density at radius 3 is 2.56 bits per heavy atom. The topological polar surface area (TPSA) is 77.0 Å². The highest BCUT2D eigenvalue weighted by Gasteiger charge is 2.42. The van der Waals surface area contributed by atoms with E-state index < -0.39 is 41.6 Å². The van der Waals surface area contributed by atoms with Crippen molar-refractivity contribution >= 4 is 17.6 Å². The van der Waals surface area contributed by atoms with Crippen LogP contribution in [0.4, 0.5) is 22.0 Å². The first-order chi connectivity index (χ1) is 16.9. The number of carbonyl (C=O) groups excluding carboxylic acids is 2. The molecule has 2 N–H and O–H groups in total. The number of aliphatic imine (C=N–C) groups is 1. The number of hydrogen-bond donors (Lipinski definition) is 2. The number of carbonyl (C=O) groups is 2. The predicted molar refractivity (Wildman–Crippen MR) is 124 cm³/mol. The zero-order valence-electron chi connectivity index (χ0n) is 20.2. The van der Waals surface area contributed by atoms with Crippen molar-refractivity contribution < 1.29 is 31.5 Å². The molecule has 2 aliphatic rings. The molecule has 36 heavy (non-hydrogen) atoms. The van der Waals surface area contributed by atoms with Crippen molar-refractivity contribution in [2.45, 2.75) is 50.9 Å². The minimum atomic E-state index is -4.67. The molecule has 2 aliphatic heterocycles. The molecule has 2 fully saturated rings. The molecule has 0 aliphatic carbocycles. The van der Waals surface area contributed by atoms with Gasteiger partial charge in [-0.05, 0) is 56.0 Å². The molecule has 0 saturated carbocycles. The summed E-state index contributed by atoms with van der Waals surface area (Å²) in [6.07, 6.45) is -3.61. The number of hydrogen-bond acceptors (Lipinski definition) is 4. The normalized spacial score (nSPS) is 20.0. The lowest BCUT2D eigenvalue weighted by Gasteiger charge is -2.38. The molecular formula is C24H30F5N5O2. The number of nitrogens with one attached hydrogen (secondary N) is 2. The van der Waals surface area contributed by atoms with Gasteiger partial charge in [-0.3, -0.25) is 14.6 Å². The predicted octanol–water partition coefficient (Wildman–Crippen LogP) is 2.69. The first kappa shape index (κ1) is 27.6. The number of piperazine rings is 1. The summed E-state index contributed by atoms with van der Waals surface area (Å²) < 4.78 is 68.4. The van der Waals surface area contributed by atoms with Crippen LogP contribution in [0.1, 0.15) is 30.4 Å². The number of amides is 2. The largest absolute Gasteiger partial charge is 0.449 e. The fourth-order valence-corrected chi connectivity index (χ4v) is 4.47. The third-order valence-electron chi connectivity index (χ3n) is 6.36. The molecule has 0 radical (unpaired) electrons. The summed E-state index contributed by atoms with van der Waals surface area (Å²) >= 11 is 0. The second-order valence-corrected chi connectivity index (χ2v) is 9.03. The molecule has 2 heterocycles. The Hall–Kier alpha value is -3.02. The number of rotatable bonds is 6. The van der Waals surface area contributed by atoms with Gasteiger partial charge in [-0.15, -0.1) is 0 Å². The van der Waals surface area contributed by atoms with Crippen LogP contribution in [0.3, 0.4) is 0 Å². The molecule has 2 atom stereocenters. The Kier molecular flexibility index (Phi) is 8.70. The van der Waals surface area contributed by atoms with Crippen LogP contribution in [-0.2, 0) is 16.0 Å². The summed E-state index contributed by atoms with van der Waals surface area (Å²) in [5, 5.41) is 5.81. The Labute approximate surface area is 206 Å². The molecule has 3 rings (SSSR count). The maximum atomic E-state index is 14.5. The van der Waals surface area contributed by atoms with Crippen molar-refractivity contribution in [3.05, 3.63) is 47.2 Å². The van der Waals surface area contributed by atoms with E-state index in [9.17, 15) is 31.5 Å². The van der Waals surface area contributed by atoms with E-state index in [2.05, 4.69) is 22.2 Å². The van der Waals surface area contributed by atoms with Crippen LogP contribution in [0, 0.1) is 18.6 Å². The molecule has 0 bridgehead atoms. The highest BCUT2D eigenvalue weighted by Crippen LogP contribution is 2.25. The molecular weight excluding hydrogens is 485 g/mol. The molecule has 1 aromatic rings. The van der Waals surface area contributed by atoms with Gasteiger partial charge in [0.2, 0.25) is 17.6 Å². The third kappa shape index (κ3) is 6.59. The maximum absolute atomic E-state index is 14.5. The smallest absolute Gasteiger partial charge is 0.351 e. The van der Waals surface area contributed by atoms with Crippen LogP contribution in [0.5, 0.6) is 0 Å². The second-order valence-electron chi connectivity index (χ2n) is 9.03. The van der Waals surface area contributed by atoms with Gasteiger partial charge in [-0.25, -0.2) is 8.78 Å². The summed E-state index contributed by atoms with van der Waals surface area (Å²) in [6, 6.07) is 0.810. The number of benzene rings is 1. The van der Waals surface area contributed by atoms with Crippen LogP contribution in [-0.4, -0.2) is 78.9 Å². The van der Waals surface area contributed by atoms with Gasteiger partial charge in [0, 0.05) is 38.3 Å². The Bertz CT molecular complexity index is 1040. The summed E-state index contributed by atoms with van der Waals surface area (Å²) in [6.45, 7) is 5.43. The van der Waals surface area contributed by atoms with Crippen LogP contribution in [0.15, 0.2) is 29.4 Å². The van der Waals surface area contributed by atoms with E-state index in [0.29, 0.717) is 13.0 Å². The van der Waals surface area contributed by atoms with Gasteiger partial charge >= 0.3 is 6.18 Å². The van der Waals surface area contributed by atoms with E-state index >= 15 is 0 Å². The minimum absolute atomic E-state index is 0.0128. The fourth-order valence-electron chi connectivity index (χ4n) is 4.47. The molecule has 2 amide bonds. The zero-order valence-corrected chi connectivity index (χ0v) is 20.2. The highest BCUT2D eigenvalue weighted by molar-refractivity contribution is 5.89. The van der Waals surface area contributed by atoms with E-state index in [1.165, 1.54) is 11.8 Å². The van der Waals surface area contributed by atoms with Gasteiger partial charge in [0.1, 0.15) is 11.6 Å². The summed E-state index contributed by atoms with van der Waals surface area (Å²) in [5.74, 6) is -3.14. The fraction of sp³-hybridized carbons (Fsp3) is 0.542. The van der Waals surface area contributed by atoms with Gasteiger partial charge in [-0.2, -0.15) is 13.2 Å². The second kappa shape index (κ2) is 11.4. The van der Waals surface area contributed by atoms with Crippen molar-refractivity contribution in [1.82, 2.24) is 20.4 Å². The highest BCUT2D eigenvalue weighted by atomic mass is 19.4. The van der Waals surface area contributed by atoms with Crippen LogP contribution in [0.2, 0.25) is 0 Å². The van der Waals surface area contributed by atoms with E-state index in [1.807, 2.05) is 0 Å². The molecule has 2 unspecified atom stereocenters. The minimum Gasteiger partial charge on any atom is -0.351 e. The molecule has 12 heteroatoms. The van der Waals surface area contributed by atoms with Crippen molar-refractivity contribution in [3.8, 4) is 0 Å². The third-order valence-corrected chi connectivity index (χ3v) is 6.36. The van der Waals surface area contributed by atoms with E-state index in [-0.39, 0.29) is 55.2 Å². The van der Waals surface area contributed by atoms with Crippen molar-refractivity contribution in [2.75, 3.05) is 33.2 Å². The molecule has 2 saturated heterocycles. The van der Waals surface area contributed by atoms with Crippen LogP contribution < -0.4 is 10.6 Å². The lowest BCUT2D eigenvalue weighted by molar-refractivity contribution is -0.132. The standard InChI is InChI=1S/C24H30F5N5O2/c1-14-9-19(26)16(11-18(14)25)10-17(32-22(36)20-5-4-6-31-20)12-21(35)33-7-8-34(15(2)13-33)23(30-3)24(27,28)29/h9,11,17,20,31H,2,4-8,10,12-13H2,1,3H3,(H,32,36). The first-order valence-electron chi connectivity index (χ1n) is 11.7. The quantitative estimate of drug-likeness (QED) is 0.347. The Morgan fingerprint density at radius 1 is 1.25 bits per heavy atom. The average Bonchev–Trinajstić information content (AvgIpc) is 3.33. The molecule has 198 valence electrons. The lowest BCUT2D eigenvalue weighted by Crippen LogP contribution is -2.53. The van der Waals surface area contributed by atoms with Gasteiger partial charge < -0.3 is 20.4 Å². The Balaban J connectivity index is 1.72. The number of nitrogens with zero attached hydrogens (tertiary/aromatic N) is 3. The molecule has 1 aromatic carbocycles. The van der Waals surface area contributed by atoms with Crippen LogP contribution in [0.25, 0.3) is 0 Å².